The Morgan fingerprint density at radius 3 is 2.46 bits per heavy atom. The molecule has 0 saturated carbocycles. The van der Waals surface area contributed by atoms with E-state index in [1.54, 1.807) is 7.11 Å². The van der Waals surface area contributed by atoms with Crippen LogP contribution in [0.25, 0.3) is 0 Å². The molecule has 3 N–H and O–H groups in total. The van der Waals surface area contributed by atoms with Gasteiger partial charge in [-0.3, -0.25) is 0 Å². The molecule has 0 aliphatic rings. The molecule has 0 spiro atoms. The van der Waals surface area contributed by atoms with Gasteiger partial charge in [-0.2, -0.15) is 0 Å². The van der Waals surface area contributed by atoms with E-state index in [2.05, 4.69) is 10.6 Å². The van der Waals surface area contributed by atoms with E-state index in [0.29, 0.717) is 6.54 Å². The molecule has 0 atom stereocenters. The summed E-state index contributed by atoms with van der Waals surface area (Å²) in [6.45, 7) is 3.91. The number of nitrogens with one attached hydrogen (secondary N) is 2. The van der Waals surface area contributed by atoms with Gasteiger partial charge in [-0.15, -0.1) is 0 Å². The van der Waals surface area contributed by atoms with Gasteiger partial charge in [-0.1, -0.05) is 0 Å². The first-order valence-electron chi connectivity index (χ1n) is 4.93. The lowest BCUT2D eigenvalue weighted by molar-refractivity contribution is 0.292. The predicted octanol–water partition coefficient (Wildman–Crippen LogP) is -1.30. The molecule has 0 aliphatic heterocycles. The minimum absolute atomic E-state index is 0.215. The number of rotatable bonds is 10. The van der Waals surface area contributed by atoms with Crippen molar-refractivity contribution in [3.05, 3.63) is 0 Å². The zero-order chi connectivity index (χ0) is 9.78. The third-order valence-corrected chi connectivity index (χ3v) is 2.92. The molecule has 13 heavy (non-hydrogen) atoms. The highest BCUT2D eigenvalue weighted by atomic mass is 28.2. The maximum atomic E-state index is 8.47. The number of hydrogen-bond acceptors (Lipinski definition) is 4. The SMILES string of the molecule is CO[SiH2]CCCNCCNCCO. The van der Waals surface area contributed by atoms with Gasteiger partial charge in [0.1, 0.15) is 0 Å². The van der Waals surface area contributed by atoms with Crippen molar-refractivity contribution >= 4 is 9.76 Å². The molecule has 0 amide bonds. The highest BCUT2D eigenvalue weighted by Gasteiger charge is 1.89. The molecule has 0 aromatic carbocycles. The van der Waals surface area contributed by atoms with Crippen molar-refractivity contribution in [2.75, 3.05) is 39.9 Å². The molecule has 0 aliphatic carbocycles. The molecular weight excluding hydrogens is 184 g/mol. The topological polar surface area (TPSA) is 53.5 Å². The maximum Gasteiger partial charge on any atom is 0.161 e. The van der Waals surface area contributed by atoms with Gasteiger partial charge in [0.15, 0.2) is 9.76 Å². The first-order valence-corrected chi connectivity index (χ1v) is 6.50. The van der Waals surface area contributed by atoms with Gasteiger partial charge in [0.05, 0.1) is 6.61 Å². The molecule has 0 heterocycles. The molecular formula is C8H22N2O2Si. The van der Waals surface area contributed by atoms with E-state index in [1.807, 2.05) is 0 Å². The van der Waals surface area contributed by atoms with Gasteiger partial charge in [-0.05, 0) is 19.0 Å². The van der Waals surface area contributed by atoms with Gasteiger partial charge in [0.25, 0.3) is 0 Å². The third kappa shape index (κ3) is 12.1. The summed E-state index contributed by atoms with van der Waals surface area (Å²) in [7, 11) is 1.58. The molecule has 0 bridgehead atoms. The second-order valence-corrected chi connectivity index (χ2v) is 4.62. The fourth-order valence-electron chi connectivity index (χ4n) is 1.00. The van der Waals surface area contributed by atoms with Crippen molar-refractivity contribution in [2.45, 2.75) is 12.5 Å². The second kappa shape index (κ2) is 12.1. The lowest BCUT2D eigenvalue weighted by atomic mass is 10.4. The van der Waals surface area contributed by atoms with Crippen LogP contribution in [0.5, 0.6) is 0 Å². The molecule has 0 fully saturated rings. The van der Waals surface area contributed by atoms with Gasteiger partial charge in [-0.25, -0.2) is 0 Å². The first kappa shape index (κ1) is 13.1. The number of aliphatic hydroxyl groups excluding tert-OH is 1. The zero-order valence-electron chi connectivity index (χ0n) is 8.51. The van der Waals surface area contributed by atoms with Gasteiger partial charge >= 0.3 is 0 Å². The number of aliphatic hydroxyl groups is 1. The summed E-state index contributed by atoms with van der Waals surface area (Å²) >= 11 is 0. The average molecular weight is 206 g/mol. The van der Waals surface area contributed by atoms with Crippen molar-refractivity contribution in [1.82, 2.24) is 10.6 Å². The summed E-state index contributed by atoms with van der Waals surface area (Å²) < 4.78 is 5.07. The molecule has 80 valence electrons. The van der Waals surface area contributed by atoms with E-state index in [-0.39, 0.29) is 16.4 Å². The minimum atomic E-state index is -0.215. The van der Waals surface area contributed by atoms with E-state index in [1.165, 1.54) is 12.5 Å². The van der Waals surface area contributed by atoms with E-state index >= 15 is 0 Å². The first-order chi connectivity index (χ1) is 6.41. The van der Waals surface area contributed by atoms with Crippen LogP contribution in [0.3, 0.4) is 0 Å². The maximum absolute atomic E-state index is 8.47. The molecule has 0 rings (SSSR count). The van der Waals surface area contributed by atoms with E-state index in [0.717, 1.165) is 19.6 Å². The molecule has 0 aromatic rings. The largest absolute Gasteiger partial charge is 0.427 e. The van der Waals surface area contributed by atoms with Crippen molar-refractivity contribution < 1.29 is 9.53 Å². The van der Waals surface area contributed by atoms with Crippen LogP contribution in [-0.2, 0) is 4.43 Å². The van der Waals surface area contributed by atoms with Crippen LogP contribution in [0.2, 0.25) is 6.04 Å². The quantitative estimate of drug-likeness (QED) is 0.307. The van der Waals surface area contributed by atoms with Crippen LogP contribution in [-0.4, -0.2) is 54.8 Å². The lowest BCUT2D eigenvalue weighted by Gasteiger charge is -2.04. The third-order valence-electron chi connectivity index (χ3n) is 1.72. The molecule has 0 radical (unpaired) electrons. The normalized spacial score (nSPS) is 11.5. The Labute approximate surface area is 83.0 Å². The molecule has 0 unspecified atom stereocenters. The van der Waals surface area contributed by atoms with Gasteiger partial charge in [0, 0.05) is 26.7 Å². The fraction of sp³-hybridized carbons (Fsp3) is 1.00. The highest BCUT2D eigenvalue weighted by molar-refractivity contribution is 6.26. The summed E-state index contributed by atoms with van der Waals surface area (Å²) in [5.74, 6) is 0. The summed E-state index contributed by atoms with van der Waals surface area (Å²) in [6, 6.07) is 1.26. The standard InChI is InChI=1S/C8H22N2O2Si/c1-12-13-8-2-3-9-4-5-10-6-7-11/h9-11H,2-8,13H2,1H3. The molecule has 4 nitrogen and oxygen atoms in total. The van der Waals surface area contributed by atoms with Crippen molar-refractivity contribution in [2.24, 2.45) is 0 Å². The Balaban J connectivity index is 2.76. The van der Waals surface area contributed by atoms with Crippen LogP contribution in [0.4, 0.5) is 0 Å². The Bertz CT molecular complexity index is 86.2. The van der Waals surface area contributed by atoms with E-state index < -0.39 is 0 Å². The summed E-state index contributed by atoms with van der Waals surface area (Å²) in [4.78, 5) is 0. The van der Waals surface area contributed by atoms with Crippen LogP contribution in [0, 0.1) is 0 Å². The van der Waals surface area contributed by atoms with Crippen molar-refractivity contribution in [1.29, 1.82) is 0 Å². The Kier molecular flexibility index (Phi) is 12.1. The van der Waals surface area contributed by atoms with Crippen molar-refractivity contribution in [3.8, 4) is 0 Å². The summed E-state index contributed by atoms with van der Waals surface area (Å²) in [5, 5.41) is 14.9. The summed E-state index contributed by atoms with van der Waals surface area (Å²) in [6.07, 6.45) is 1.22. The van der Waals surface area contributed by atoms with E-state index in [4.69, 9.17) is 9.53 Å². The van der Waals surface area contributed by atoms with Crippen LogP contribution in [0.15, 0.2) is 0 Å². The predicted molar refractivity (Wildman–Crippen MR) is 57.8 cm³/mol. The lowest BCUT2D eigenvalue weighted by Crippen LogP contribution is -2.29. The highest BCUT2D eigenvalue weighted by Crippen LogP contribution is 1.85. The van der Waals surface area contributed by atoms with Crippen molar-refractivity contribution in [3.63, 3.8) is 0 Å². The zero-order valence-corrected chi connectivity index (χ0v) is 9.93. The second-order valence-electron chi connectivity index (χ2n) is 2.92. The molecule has 0 saturated heterocycles. The fourth-order valence-corrected chi connectivity index (χ4v) is 1.75. The Morgan fingerprint density at radius 2 is 1.85 bits per heavy atom. The van der Waals surface area contributed by atoms with Crippen LogP contribution < -0.4 is 10.6 Å². The summed E-state index contributed by atoms with van der Waals surface area (Å²) in [5.41, 5.74) is 0. The van der Waals surface area contributed by atoms with Crippen LogP contribution in [0.1, 0.15) is 6.42 Å². The number of hydrogen-bond donors (Lipinski definition) is 3. The monoisotopic (exact) mass is 206 g/mol. The van der Waals surface area contributed by atoms with Gasteiger partial charge < -0.3 is 20.2 Å². The van der Waals surface area contributed by atoms with Gasteiger partial charge in [0.2, 0.25) is 0 Å². The minimum Gasteiger partial charge on any atom is -0.427 e. The average Bonchev–Trinajstić information content (AvgIpc) is 2.16. The Hall–Kier alpha value is 0.0569. The van der Waals surface area contributed by atoms with E-state index in [9.17, 15) is 0 Å². The molecule has 0 aromatic heterocycles. The molecule has 5 heteroatoms. The van der Waals surface area contributed by atoms with Crippen LogP contribution >= 0.6 is 0 Å². The Morgan fingerprint density at radius 1 is 1.15 bits per heavy atom. The smallest absolute Gasteiger partial charge is 0.161 e.